The van der Waals surface area contributed by atoms with Gasteiger partial charge in [-0.2, -0.15) is 9.67 Å². The van der Waals surface area contributed by atoms with E-state index in [4.69, 9.17) is 9.72 Å². The normalized spacial score (nSPS) is 15.2. The summed E-state index contributed by atoms with van der Waals surface area (Å²) in [6, 6.07) is 11.4. The van der Waals surface area contributed by atoms with Crippen LogP contribution in [0.3, 0.4) is 0 Å². The highest BCUT2D eigenvalue weighted by Gasteiger charge is 2.33. The smallest absolute Gasteiger partial charge is 0.309 e. The van der Waals surface area contributed by atoms with E-state index in [0.717, 1.165) is 11.8 Å². The lowest BCUT2D eigenvalue weighted by atomic mass is 9.97. The molecular formula is C28H28F2N8O2. The lowest BCUT2D eigenvalue weighted by Crippen LogP contribution is -2.39. The molecule has 1 fully saturated rings. The largest absolute Gasteiger partial charge is 0.460 e. The number of hydrogen-bond donors (Lipinski definition) is 0. The minimum absolute atomic E-state index is 0.183. The summed E-state index contributed by atoms with van der Waals surface area (Å²) >= 11 is 0. The summed E-state index contributed by atoms with van der Waals surface area (Å²) in [6.45, 7) is 6.97. The summed E-state index contributed by atoms with van der Waals surface area (Å²) in [7, 11) is 0. The molecule has 0 saturated carbocycles. The first-order valence-corrected chi connectivity index (χ1v) is 13.1. The van der Waals surface area contributed by atoms with Gasteiger partial charge in [-0.1, -0.05) is 18.2 Å². The number of tetrazole rings is 1. The Bertz CT molecular complexity index is 1580. The number of carbonyl (C=O) groups is 1. The molecule has 4 aromatic rings. The van der Waals surface area contributed by atoms with Gasteiger partial charge in [0.1, 0.15) is 11.4 Å². The number of ether oxygens (including phenoxy) is 1. The molecule has 0 bridgehead atoms. The molecule has 2 aliphatic heterocycles. The molecule has 0 atom stereocenters. The molecule has 12 heteroatoms. The number of anilines is 3. The number of carbonyl (C=O) groups excluding carboxylic acids is 1. The van der Waals surface area contributed by atoms with Crippen LogP contribution in [0.25, 0.3) is 17.1 Å². The van der Waals surface area contributed by atoms with Crippen LogP contribution in [0.2, 0.25) is 0 Å². The molecule has 0 aliphatic carbocycles. The molecule has 0 unspecified atom stereocenters. The lowest BCUT2D eigenvalue weighted by Gasteiger charge is -2.33. The highest BCUT2D eigenvalue weighted by atomic mass is 19.2. The van der Waals surface area contributed by atoms with Gasteiger partial charge in [0.05, 0.1) is 22.9 Å². The topological polar surface area (TPSA) is 102 Å². The van der Waals surface area contributed by atoms with E-state index in [0.29, 0.717) is 60.3 Å². The lowest BCUT2D eigenvalue weighted by molar-refractivity contribution is -0.160. The molecule has 0 N–H and O–H groups in total. The number of fused-ring (bicyclic) bond motifs is 5. The van der Waals surface area contributed by atoms with Gasteiger partial charge in [-0.05, 0) is 73.9 Å². The predicted molar refractivity (Wildman–Crippen MR) is 143 cm³/mol. The van der Waals surface area contributed by atoms with Crippen LogP contribution in [0.15, 0.2) is 48.7 Å². The van der Waals surface area contributed by atoms with Gasteiger partial charge in [0.2, 0.25) is 5.95 Å². The molecule has 40 heavy (non-hydrogen) atoms. The number of rotatable bonds is 4. The fourth-order valence-corrected chi connectivity index (χ4v) is 5.06. The highest BCUT2D eigenvalue weighted by molar-refractivity contribution is 5.83. The van der Waals surface area contributed by atoms with Gasteiger partial charge in [-0.3, -0.25) is 4.79 Å². The monoisotopic (exact) mass is 546 g/mol. The number of esters is 1. The summed E-state index contributed by atoms with van der Waals surface area (Å²) in [4.78, 5) is 26.2. The van der Waals surface area contributed by atoms with Crippen LogP contribution in [0, 0.1) is 17.6 Å². The first-order chi connectivity index (χ1) is 19.2. The molecule has 0 spiro atoms. The Morgan fingerprint density at radius 1 is 1.05 bits per heavy atom. The van der Waals surface area contributed by atoms with Crippen molar-refractivity contribution in [3.8, 4) is 17.1 Å². The van der Waals surface area contributed by atoms with Crippen LogP contribution in [0.5, 0.6) is 0 Å². The number of halogens is 2. The van der Waals surface area contributed by atoms with E-state index in [9.17, 15) is 13.6 Å². The molecular weight excluding hydrogens is 518 g/mol. The standard InChI is InChI=1S/C28H28F2N8O2/c1-28(2,3)40-26(39)18-10-12-36(13-11-18)27-31-15-19-24(32-27)37(16-17-8-9-20(29)21(30)14-17)22-6-4-5-7-23(22)38-25(19)33-34-35-38/h4-9,14-15,18H,10-13,16H2,1-3H3. The summed E-state index contributed by atoms with van der Waals surface area (Å²) in [5, 5.41) is 12.3. The van der Waals surface area contributed by atoms with Crippen molar-refractivity contribution in [1.82, 2.24) is 30.2 Å². The Labute approximate surface area is 229 Å². The second kappa shape index (κ2) is 9.92. The molecule has 2 aliphatic rings. The minimum Gasteiger partial charge on any atom is -0.460 e. The first-order valence-electron chi connectivity index (χ1n) is 13.1. The van der Waals surface area contributed by atoms with Gasteiger partial charge in [0.15, 0.2) is 17.5 Å². The highest BCUT2D eigenvalue weighted by Crippen LogP contribution is 2.41. The van der Waals surface area contributed by atoms with Crippen LogP contribution in [-0.2, 0) is 16.1 Å². The van der Waals surface area contributed by atoms with Crippen molar-refractivity contribution in [2.45, 2.75) is 45.8 Å². The van der Waals surface area contributed by atoms with Crippen molar-refractivity contribution in [2.75, 3.05) is 22.9 Å². The van der Waals surface area contributed by atoms with Gasteiger partial charge in [0.25, 0.3) is 0 Å². The molecule has 0 amide bonds. The van der Waals surface area contributed by atoms with Crippen molar-refractivity contribution in [3.05, 3.63) is 65.9 Å². The first kappa shape index (κ1) is 25.8. The number of nitrogens with zero attached hydrogens (tertiary/aromatic N) is 8. The second-order valence-corrected chi connectivity index (χ2v) is 10.9. The molecule has 2 aromatic heterocycles. The van der Waals surface area contributed by atoms with E-state index in [1.165, 1.54) is 6.07 Å². The summed E-state index contributed by atoms with van der Waals surface area (Å²) in [5.74, 6) is -0.703. The van der Waals surface area contributed by atoms with E-state index < -0.39 is 17.2 Å². The predicted octanol–water partition coefficient (Wildman–Crippen LogP) is 4.61. The van der Waals surface area contributed by atoms with Gasteiger partial charge in [0, 0.05) is 25.8 Å². The van der Waals surface area contributed by atoms with E-state index in [2.05, 4.69) is 20.5 Å². The van der Waals surface area contributed by atoms with Crippen molar-refractivity contribution in [3.63, 3.8) is 0 Å². The Hall–Kier alpha value is -4.48. The second-order valence-electron chi connectivity index (χ2n) is 10.9. The quantitative estimate of drug-likeness (QED) is 0.340. The third-order valence-corrected chi connectivity index (χ3v) is 6.97. The fraction of sp³-hybridized carbons (Fsp3) is 0.357. The Morgan fingerprint density at radius 2 is 1.80 bits per heavy atom. The number of benzene rings is 2. The SMILES string of the molecule is CC(C)(C)OC(=O)C1CCN(c2ncc3c(n2)N(Cc2ccc(F)c(F)c2)c2ccccc2-n2nnnc2-3)CC1. The van der Waals surface area contributed by atoms with E-state index in [1.807, 2.05) is 54.8 Å². The number of para-hydroxylation sites is 2. The minimum atomic E-state index is -0.921. The Kier molecular flexibility index (Phi) is 6.40. The summed E-state index contributed by atoms with van der Waals surface area (Å²) < 4.78 is 35.1. The van der Waals surface area contributed by atoms with Gasteiger partial charge in [-0.25, -0.2) is 13.8 Å². The van der Waals surface area contributed by atoms with Crippen molar-refractivity contribution < 1.29 is 18.3 Å². The molecule has 6 rings (SSSR count). The molecule has 206 valence electrons. The maximum absolute atomic E-state index is 14.2. The molecule has 0 radical (unpaired) electrons. The van der Waals surface area contributed by atoms with E-state index in [-0.39, 0.29) is 18.4 Å². The van der Waals surface area contributed by atoms with E-state index >= 15 is 0 Å². The number of piperidine rings is 1. The summed E-state index contributed by atoms with van der Waals surface area (Å²) in [6.07, 6.45) is 2.92. The van der Waals surface area contributed by atoms with Gasteiger partial charge >= 0.3 is 5.97 Å². The zero-order chi connectivity index (χ0) is 28.0. The van der Waals surface area contributed by atoms with E-state index in [1.54, 1.807) is 16.9 Å². The fourth-order valence-electron chi connectivity index (χ4n) is 5.06. The molecule has 4 heterocycles. The van der Waals surface area contributed by atoms with Crippen molar-refractivity contribution in [1.29, 1.82) is 0 Å². The van der Waals surface area contributed by atoms with Crippen LogP contribution in [0.1, 0.15) is 39.2 Å². The zero-order valence-electron chi connectivity index (χ0n) is 22.4. The van der Waals surface area contributed by atoms with Crippen molar-refractivity contribution in [2.24, 2.45) is 5.92 Å². The molecule has 1 saturated heterocycles. The maximum atomic E-state index is 14.2. The van der Waals surface area contributed by atoms with Crippen molar-refractivity contribution >= 4 is 23.4 Å². The average Bonchev–Trinajstić information content (AvgIpc) is 3.39. The average molecular weight is 547 g/mol. The zero-order valence-corrected chi connectivity index (χ0v) is 22.4. The Morgan fingerprint density at radius 3 is 2.52 bits per heavy atom. The third-order valence-electron chi connectivity index (χ3n) is 6.97. The Balaban J connectivity index is 1.37. The van der Waals surface area contributed by atoms with Gasteiger partial charge < -0.3 is 14.5 Å². The van der Waals surface area contributed by atoms with Crippen LogP contribution in [-0.4, -0.2) is 54.8 Å². The summed E-state index contributed by atoms with van der Waals surface area (Å²) in [5.41, 5.74) is 2.08. The number of aromatic nitrogens is 6. The van der Waals surface area contributed by atoms with Gasteiger partial charge in [-0.15, -0.1) is 5.10 Å². The number of hydrogen-bond acceptors (Lipinski definition) is 9. The maximum Gasteiger partial charge on any atom is 0.309 e. The third kappa shape index (κ3) is 4.85. The van der Waals surface area contributed by atoms with Crippen LogP contribution in [0.4, 0.5) is 26.2 Å². The van der Waals surface area contributed by atoms with Crippen LogP contribution >= 0.6 is 0 Å². The molecule has 10 nitrogen and oxygen atoms in total. The van der Waals surface area contributed by atoms with Crippen LogP contribution < -0.4 is 9.80 Å². The molecule has 2 aromatic carbocycles.